The van der Waals surface area contributed by atoms with Crippen molar-refractivity contribution in [3.05, 3.63) is 47.5 Å². The number of ether oxygens (including phenoxy) is 2. The van der Waals surface area contributed by atoms with Crippen molar-refractivity contribution < 1.29 is 36.7 Å². The van der Waals surface area contributed by atoms with Crippen LogP contribution < -0.4 is 15.4 Å². The molecule has 0 spiro atoms. The Morgan fingerprint density at radius 1 is 1.14 bits per heavy atom. The lowest BCUT2D eigenvalue weighted by Crippen LogP contribution is -2.26. The lowest BCUT2D eigenvalue weighted by atomic mass is 10.1. The molecule has 3 rings (SSSR count). The number of aromatic nitrogens is 2. The minimum atomic E-state index is -4.38. The third kappa shape index (κ3) is 7.12. The molecule has 0 radical (unpaired) electrons. The molecule has 0 bridgehead atoms. The quantitative estimate of drug-likeness (QED) is 0.201. The molecule has 0 saturated heterocycles. The summed E-state index contributed by atoms with van der Waals surface area (Å²) in [6.07, 6.45) is 1.30. The maximum Gasteiger partial charge on any atom is 0.374 e. The van der Waals surface area contributed by atoms with E-state index in [1.165, 1.54) is 57.6 Å². The molecule has 0 saturated carbocycles. The SMILES string of the molecule is CCOP(=O)(OCC)C(F)C(=O)Nc1cc2c(Nc3ccc(F)c(Cl)c3)ncnc2cc1OCCOC. The van der Waals surface area contributed by atoms with Crippen molar-refractivity contribution in [1.82, 2.24) is 9.97 Å². The second-order valence-corrected chi connectivity index (χ2v) is 9.84. The van der Waals surface area contributed by atoms with Crippen molar-refractivity contribution in [2.24, 2.45) is 0 Å². The van der Waals surface area contributed by atoms with Gasteiger partial charge in [0.2, 0.25) is 0 Å². The molecule has 3 aromatic rings. The van der Waals surface area contributed by atoms with E-state index < -0.39 is 25.2 Å². The third-order valence-electron chi connectivity index (χ3n) is 4.83. The van der Waals surface area contributed by atoms with Crippen molar-refractivity contribution >= 4 is 53.2 Å². The van der Waals surface area contributed by atoms with Crippen LogP contribution in [0.4, 0.5) is 26.0 Å². The Labute approximate surface area is 217 Å². The summed E-state index contributed by atoms with van der Waals surface area (Å²) >= 11 is 5.87. The Balaban J connectivity index is 2.00. The summed E-state index contributed by atoms with van der Waals surface area (Å²) in [5.74, 6) is -3.99. The number of hydrogen-bond acceptors (Lipinski definition) is 9. The summed E-state index contributed by atoms with van der Waals surface area (Å²) in [5.41, 5.74) is 0.906. The number of carbonyl (C=O) groups is 1. The van der Waals surface area contributed by atoms with Crippen molar-refractivity contribution in [3.8, 4) is 5.75 Å². The number of anilines is 3. The van der Waals surface area contributed by atoms with Crippen molar-refractivity contribution in [2.45, 2.75) is 19.8 Å². The monoisotopic (exact) mass is 558 g/mol. The molecule has 1 atom stereocenters. The first-order valence-corrected chi connectivity index (χ1v) is 13.2. The molecule has 200 valence electrons. The summed E-state index contributed by atoms with van der Waals surface area (Å²) in [4.78, 5) is 21.2. The molecular weight excluding hydrogens is 533 g/mol. The van der Waals surface area contributed by atoms with Crippen molar-refractivity contribution in [1.29, 1.82) is 0 Å². The van der Waals surface area contributed by atoms with Crippen molar-refractivity contribution in [3.63, 3.8) is 0 Å². The molecule has 1 unspecified atom stereocenters. The molecule has 10 nitrogen and oxygen atoms in total. The first kappa shape index (κ1) is 28.7. The maximum atomic E-state index is 15.0. The Morgan fingerprint density at radius 3 is 2.51 bits per heavy atom. The number of rotatable bonds is 13. The maximum absolute atomic E-state index is 15.0. The van der Waals surface area contributed by atoms with E-state index in [1.807, 2.05) is 0 Å². The zero-order valence-corrected chi connectivity index (χ0v) is 21.9. The average Bonchev–Trinajstić information content (AvgIpc) is 2.86. The zero-order chi connectivity index (χ0) is 27.0. The van der Waals surface area contributed by atoms with Crippen LogP contribution in [0.2, 0.25) is 5.02 Å². The first-order chi connectivity index (χ1) is 17.7. The summed E-state index contributed by atoms with van der Waals surface area (Å²) in [7, 11) is -2.88. The molecule has 2 aromatic carbocycles. The van der Waals surface area contributed by atoms with Gasteiger partial charge in [-0.05, 0) is 38.1 Å². The Hall–Kier alpha value is -2.89. The number of carbonyl (C=O) groups excluding carboxylic acids is 1. The second kappa shape index (κ2) is 13.1. The Kier molecular flexibility index (Phi) is 10.1. The van der Waals surface area contributed by atoms with E-state index in [2.05, 4.69) is 20.6 Å². The third-order valence-corrected chi connectivity index (χ3v) is 7.15. The molecule has 14 heteroatoms. The van der Waals surface area contributed by atoms with Crippen LogP contribution in [0.1, 0.15) is 13.8 Å². The van der Waals surface area contributed by atoms with Gasteiger partial charge in [-0.3, -0.25) is 9.36 Å². The van der Waals surface area contributed by atoms with Gasteiger partial charge in [0, 0.05) is 24.2 Å². The molecule has 0 aliphatic rings. The van der Waals surface area contributed by atoms with Crippen LogP contribution in [-0.2, 0) is 23.1 Å². The molecule has 0 aliphatic heterocycles. The highest BCUT2D eigenvalue weighted by Crippen LogP contribution is 2.54. The minimum Gasteiger partial charge on any atom is -0.489 e. The number of amides is 1. The van der Waals surface area contributed by atoms with E-state index in [0.29, 0.717) is 16.6 Å². The van der Waals surface area contributed by atoms with Crippen LogP contribution in [0.3, 0.4) is 0 Å². The van der Waals surface area contributed by atoms with Gasteiger partial charge in [-0.2, -0.15) is 0 Å². The number of nitrogens with one attached hydrogen (secondary N) is 2. The Bertz CT molecular complexity index is 1290. The molecule has 1 amide bonds. The van der Waals surface area contributed by atoms with Crippen LogP contribution in [0.25, 0.3) is 10.9 Å². The smallest absolute Gasteiger partial charge is 0.374 e. The predicted molar refractivity (Wildman–Crippen MR) is 136 cm³/mol. The van der Waals surface area contributed by atoms with Crippen molar-refractivity contribution in [2.75, 3.05) is 44.2 Å². The summed E-state index contributed by atoms with van der Waals surface area (Å²) < 4.78 is 62.0. The molecule has 37 heavy (non-hydrogen) atoms. The standard InChI is InChI=1S/C23H26ClF2N4O6P/c1-4-35-37(32,36-5-2)21(26)23(31)30-19-11-15-18(12-20(19)34-9-8-33-3)27-13-28-22(15)29-14-6-7-17(25)16(24)10-14/h6-7,10-13,21H,4-5,8-9H2,1-3H3,(H,30,31)(H,27,28,29). The van der Waals surface area contributed by atoms with Gasteiger partial charge >= 0.3 is 7.60 Å². The fourth-order valence-electron chi connectivity index (χ4n) is 3.21. The van der Waals surface area contributed by atoms with Gasteiger partial charge in [-0.25, -0.2) is 18.7 Å². The highest BCUT2D eigenvalue weighted by molar-refractivity contribution is 7.55. The van der Waals surface area contributed by atoms with E-state index in [9.17, 15) is 13.8 Å². The topological polar surface area (TPSA) is 121 Å². The van der Waals surface area contributed by atoms with Gasteiger partial charge in [0.05, 0.1) is 36.0 Å². The number of methoxy groups -OCH3 is 1. The molecular formula is C23H26ClF2N4O6P. The fraction of sp³-hybridized carbons (Fsp3) is 0.348. The van der Waals surface area contributed by atoms with Crippen LogP contribution in [0.15, 0.2) is 36.7 Å². The Morgan fingerprint density at radius 2 is 1.86 bits per heavy atom. The van der Waals surface area contributed by atoms with Crippen LogP contribution >= 0.6 is 19.2 Å². The minimum absolute atomic E-state index is 0.0470. The van der Waals surface area contributed by atoms with E-state index >= 15 is 4.39 Å². The average molecular weight is 559 g/mol. The van der Waals surface area contributed by atoms with Gasteiger partial charge in [-0.1, -0.05) is 11.6 Å². The number of halogens is 3. The molecule has 2 N–H and O–H groups in total. The molecule has 1 heterocycles. The molecule has 0 fully saturated rings. The van der Waals surface area contributed by atoms with Crippen LogP contribution in [0, 0.1) is 5.82 Å². The highest BCUT2D eigenvalue weighted by Gasteiger charge is 2.42. The van der Waals surface area contributed by atoms with Gasteiger partial charge in [0.25, 0.3) is 11.8 Å². The molecule has 0 aliphatic carbocycles. The van der Waals surface area contributed by atoms with E-state index in [0.717, 1.165) is 0 Å². The van der Waals surface area contributed by atoms with Gasteiger partial charge in [0.1, 0.15) is 30.3 Å². The summed E-state index contributed by atoms with van der Waals surface area (Å²) in [6.45, 7) is 3.13. The lowest BCUT2D eigenvalue weighted by molar-refractivity contribution is -0.118. The van der Waals surface area contributed by atoms with Gasteiger partial charge < -0.3 is 29.2 Å². The zero-order valence-electron chi connectivity index (χ0n) is 20.3. The first-order valence-electron chi connectivity index (χ1n) is 11.2. The van der Waals surface area contributed by atoms with E-state index in [-0.39, 0.29) is 48.7 Å². The van der Waals surface area contributed by atoms with E-state index in [4.69, 9.17) is 30.1 Å². The number of nitrogens with zero attached hydrogens (tertiary/aromatic N) is 2. The summed E-state index contributed by atoms with van der Waals surface area (Å²) in [6, 6.07) is 7.01. The number of hydrogen-bond donors (Lipinski definition) is 2. The fourth-order valence-corrected chi connectivity index (χ4v) is 4.80. The summed E-state index contributed by atoms with van der Waals surface area (Å²) in [5, 5.41) is 5.72. The number of alkyl halides is 1. The second-order valence-electron chi connectivity index (χ2n) is 7.38. The van der Waals surface area contributed by atoms with E-state index in [1.54, 1.807) is 0 Å². The number of benzene rings is 2. The van der Waals surface area contributed by atoms with Gasteiger partial charge in [-0.15, -0.1) is 0 Å². The van der Waals surface area contributed by atoms with Crippen LogP contribution in [0.5, 0.6) is 5.75 Å². The highest BCUT2D eigenvalue weighted by atomic mass is 35.5. The lowest BCUT2D eigenvalue weighted by Gasteiger charge is -2.21. The molecule has 1 aromatic heterocycles. The largest absolute Gasteiger partial charge is 0.489 e. The number of fused-ring (bicyclic) bond motifs is 1. The van der Waals surface area contributed by atoms with Gasteiger partial charge in [0.15, 0.2) is 0 Å². The normalized spacial score (nSPS) is 12.4. The predicted octanol–water partition coefficient (Wildman–Crippen LogP) is 5.69. The van der Waals surface area contributed by atoms with Crippen LogP contribution in [-0.4, -0.2) is 55.3 Å².